The van der Waals surface area contributed by atoms with Crippen molar-refractivity contribution in [2.24, 2.45) is 5.92 Å². The zero-order chi connectivity index (χ0) is 19.5. The molecule has 1 aliphatic heterocycles. The van der Waals surface area contributed by atoms with Crippen molar-refractivity contribution >= 4 is 17.6 Å². The Morgan fingerprint density at radius 1 is 1.35 bits per heavy atom. The van der Waals surface area contributed by atoms with Gasteiger partial charge in [0.1, 0.15) is 0 Å². The van der Waals surface area contributed by atoms with Gasteiger partial charge in [0.25, 0.3) is 5.91 Å². The molecular weight excluding hydrogens is 330 g/mol. The van der Waals surface area contributed by atoms with Gasteiger partial charge < -0.3 is 20.2 Å². The third kappa shape index (κ3) is 4.18. The van der Waals surface area contributed by atoms with Gasteiger partial charge in [0.2, 0.25) is 0 Å². The monoisotopic (exact) mass is 361 g/mol. The molecule has 0 spiro atoms. The van der Waals surface area contributed by atoms with Crippen molar-refractivity contribution < 1.29 is 14.7 Å². The van der Waals surface area contributed by atoms with E-state index in [1.54, 1.807) is 31.1 Å². The van der Waals surface area contributed by atoms with Crippen LogP contribution in [-0.2, 0) is 0 Å². The fourth-order valence-corrected chi connectivity index (χ4v) is 3.79. The molecule has 1 aromatic carbocycles. The first-order chi connectivity index (χ1) is 12.2. The molecule has 1 heterocycles. The Morgan fingerprint density at radius 3 is 2.62 bits per heavy atom. The third-order valence-corrected chi connectivity index (χ3v) is 5.06. The maximum absolute atomic E-state index is 12.9. The molecular formula is C20H31N3O3. The largest absolute Gasteiger partial charge is 0.394 e. The van der Waals surface area contributed by atoms with E-state index in [0.717, 1.165) is 24.8 Å². The normalized spacial score (nSPS) is 19.7. The first kappa shape index (κ1) is 20.2. The number of aliphatic hydroxyl groups is 1. The van der Waals surface area contributed by atoms with Crippen LogP contribution in [0.5, 0.6) is 0 Å². The van der Waals surface area contributed by atoms with Crippen molar-refractivity contribution in [1.82, 2.24) is 9.80 Å². The Balaban J connectivity index is 2.23. The highest BCUT2D eigenvalue weighted by molar-refractivity contribution is 5.97. The topological polar surface area (TPSA) is 72.9 Å². The molecule has 0 saturated carbocycles. The van der Waals surface area contributed by atoms with Gasteiger partial charge in [-0.05, 0) is 49.8 Å². The number of anilines is 1. The van der Waals surface area contributed by atoms with Gasteiger partial charge in [-0.3, -0.25) is 4.79 Å². The fraction of sp³-hybridized carbons (Fsp3) is 0.600. The number of hydrogen-bond donors (Lipinski definition) is 2. The number of likely N-dealkylation sites (tertiary alicyclic amines) is 1. The van der Waals surface area contributed by atoms with Gasteiger partial charge in [-0.1, -0.05) is 19.9 Å². The summed E-state index contributed by atoms with van der Waals surface area (Å²) in [7, 11) is 3.40. The minimum Gasteiger partial charge on any atom is -0.394 e. The van der Waals surface area contributed by atoms with E-state index >= 15 is 0 Å². The number of carbonyl (C=O) groups excluding carboxylic acids is 2. The van der Waals surface area contributed by atoms with Crippen LogP contribution in [0.4, 0.5) is 10.5 Å². The summed E-state index contributed by atoms with van der Waals surface area (Å²) in [4.78, 5) is 28.4. The lowest BCUT2D eigenvalue weighted by atomic mass is 9.87. The lowest BCUT2D eigenvalue weighted by molar-refractivity contribution is 0.0727. The van der Waals surface area contributed by atoms with Crippen LogP contribution in [0, 0.1) is 12.8 Å². The van der Waals surface area contributed by atoms with E-state index in [2.05, 4.69) is 19.2 Å². The summed E-state index contributed by atoms with van der Waals surface area (Å²) in [5.74, 6) is 0.282. The van der Waals surface area contributed by atoms with Gasteiger partial charge >= 0.3 is 6.03 Å². The molecule has 0 aliphatic carbocycles. The molecule has 6 nitrogen and oxygen atoms in total. The second kappa shape index (κ2) is 8.08. The number of carbonyl (C=O) groups is 2. The van der Waals surface area contributed by atoms with E-state index in [4.69, 9.17) is 0 Å². The zero-order valence-electron chi connectivity index (χ0n) is 16.5. The summed E-state index contributed by atoms with van der Waals surface area (Å²) < 4.78 is 0. The molecule has 3 amide bonds. The minimum absolute atomic E-state index is 0.0310. The van der Waals surface area contributed by atoms with Crippen molar-refractivity contribution in [2.75, 3.05) is 32.6 Å². The van der Waals surface area contributed by atoms with Crippen LogP contribution in [0.2, 0.25) is 0 Å². The predicted molar refractivity (Wildman–Crippen MR) is 103 cm³/mol. The maximum atomic E-state index is 12.9. The number of nitrogens with one attached hydrogen (secondary N) is 1. The molecule has 1 saturated heterocycles. The van der Waals surface area contributed by atoms with E-state index in [1.165, 1.54) is 4.90 Å². The van der Waals surface area contributed by atoms with E-state index in [9.17, 15) is 14.7 Å². The van der Waals surface area contributed by atoms with Crippen molar-refractivity contribution in [3.8, 4) is 0 Å². The Kier molecular flexibility index (Phi) is 6.29. The molecule has 144 valence electrons. The summed E-state index contributed by atoms with van der Waals surface area (Å²) >= 11 is 0. The molecule has 1 atom stereocenters. The van der Waals surface area contributed by atoms with Crippen molar-refractivity contribution in [1.29, 1.82) is 0 Å². The van der Waals surface area contributed by atoms with Crippen molar-refractivity contribution in [2.45, 2.75) is 45.6 Å². The number of benzene rings is 1. The van der Waals surface area contributed by atoms with E-state index in [0.29, 0.717) is 23.7 Å². The number of nitrogens with zero attached hydrogens (tertiary/aromatic N) is 2. The number of urea groups is 1. The number of hydrogen-bond acceptors (Lipinski definition) is 3. The van der Waals surface area contributed by atoms with Gasteiger partial charge in [0.05, 0.1) is 12.1 Å². The van der Waals surface area contributed by atoms with Crippen LogP contribution in [0.25, 0.3) is 0 Å². The molecule has 0 radical (unpaired) electrons. The summed E-state index contributed by atoms with van der Waals surface area (Å²) in [6.07, 6.45) is 2.47. The van der Waals surface area contributed by atoms with Crippen molar-refractivity contribution in [3.05, 3.63) is 29.3 Å². The lowest BCUT2D eigenvalue weighted by Gasteiger charge is -2.38. The predicted octanol–water partition coefficient (Wildman–Crippen LogP) is 3.10. The Bertz CT molecular complexity index is 672. The first-order valence-corrected chi connectivity index (χ1v) is 9.22. The molecule has 0 aromatic heterocycles. The highest BCUT2D eigenvalue weighted by Crippen LogP contribution is 2.35. The summed E-state index contributed by atoms with van der Waals surface area (Å²) in [6, 6.07) is 5.10. The SMILES string of the molecule is Cc1ccc(C(=O)N(C)C)cc1NC(=O)N1CCC[C@@]1(CO)CC(C)C. The number of aryl methyl sites for hydroxylation is 1. The highest BCUT2D eigenvalue weighted by atomic mass is 16.3. The molecule has 2 rings (SSSR count). The van der Waals surface area contributed by atoms with Crippen LogP contribution in [0.1, 0.15) is 49.0 Å². The molecule has 26 heavy (non-hydrogen) atoms. The molecule has 1 aliphatic rings. The Hall–Kier alpha value is -2.08. The first-order valence-electron chi connectivity index (χ1n) is 9.22. The molecule has 0 unspecified atom stereocenters. The third-order valence-electron chi connectivity index (χ3n) is 5.06. The molecule has 1 aromatic rings. The van der Waals surface area contributed by atoms with E-state index in [-0.39, 0.29) is 18.5 Å². The molecule has 0 bridgehead atoms. The van der Waals surface area contributed by atoms with Gasteiger partial charge in [0, 0.05) is 31.9 Å². The van der Waals surface area contributed by atoms with Crippen LogP contribution in [-0.4, -0.2) is 59.6 Å². The number of amides is 3. The zero-order valence-corrected chi connectivity index (χ0v) is 16.5. The quantitative estimate of drug-likeness (QED) is 0.846. The maximum Gasteiger partial charge on any atom is 0.322 e. The summed E-state index contributed by atoms with van der Waals surface area (Å²) in [5.41, 5.74) is 1.56. The molecule has 2 N–H and O–H groups in total. The van der Waals surface area contributed by atoms with E-state index in [1.807, 2.05) is 13.0 Å². The Labute approximate surface area is 156 Å². The standard InChI is InChI=1S/C20H31N3O3/c1-14(2)12-20(13-24)9-6-10-23(20)19(26)21-17-11-16(8-7-15(17)3)18(25)22(4)5/h7-8,11,14,24H,6,9-10,12-13H2,1-5H3,(H,21,26)/t20-/m0/s1. The second-order valence-corrected chi connectivity index (χ2v) is 7.90. The van der Waals surface area contributed by atoms with Crippen LogP contribution in [0.15, 0.2) is 18.2 Å². The van der Waals surface area contributed by atoms with Gasteiger partial charge in [0.15, 0.2) is 0 Å². The number of aliphatic hydroxyl groups excluding tert-OH is 1. The average molecular weight is 361 g/mol. The van der Waals surface area contributed by atoms with Crippen LogP contribution < -0.4 is 5.32 Å². The second-order valence-electron chi connectivity index (χ2n) is 7.90. The average Bonchev–Trinajstić information content (AvgIpc) is 2.99. The summed E-state index contributed by atoms with van der Waals surface area (Å²) in [6.45, 7) is 6.71. The molecule has 6 heteroatoms. The van der Waals surface area contributed by atoms with Crippen molar-refractivity contribution in [3.63, 3.8) is 0 Å². The lowest BCUT2D eigenvalue weighted by Crippen LogP contribution is -2.52. The van der Waals surface area contributed by atoms with E-state index < -0.39 is 5.54 Å². The van der Waals surface area contributed by atoms with Gasteiger partial charge in [-0.15, -0.1) is 0 Å². The minimum atomic E-state index is -0.497. The van der Waals surface area contributed by atoms with Gasteiger partial charge in [-0.25, -0.2) is 4.79 Å². The summed E-state index contributed by atoms with van der Waals surface area (Å²) in [5, 5.41) is 13.0. The Morgan fingerprint density at radius 2 is 2.04 bits per heavy atom. The molecule has 1 fully saturated rings. The highest BCUT2D eigenvalue weighted by Gasteiger charge is 2.43. The number of rotatable bonds is 5. The van der Waals surface area contributed by atoms with Crippen LogP contribution in [0.3, 0.4) is 0 Å². The van der Waals surface area contributed by atoms with Gasteiger partial charge in [-0.2, -0.15) is 0 Å². The fourth-order valence-electron chi connectivity index (χ4n) is 3.79. The van der Waals surface area contributed by atoms with Crippen LogP contribution >= 0.6 is 0 Å². The smallest absolute Gasteiger partial charge is 0.322 e.